The molecule has 2 saturated heterocycles. The van der Waals surface area contributed by atoms with Crippen molar-refractivity contribution in [1.82, 2.24) is 4.90 Å². The molecule has 0 saturated carbocycles. The zero-order valence-corrected chi connectivity index (χ0v) is 16.2. The van der Waals surface area contributed by atoms with Gasteiger partial charge in [-0.1, -0.05) is 0 Å². The molecule has 2 atom stereocenters. The predicted octanol–water partition coefficient (Wildman–Crippen LogP) is 2.28. The number of sulfone groups is 1. The minimum absolute atomic E-state index is 0.00852. The van der Waals surface area contributed by atoms with Gasteiger partial charge >= 0.3 is 0 Å². The Bertz CT molecular complexity index is 723. The monoisotopic (exact) mass is 381 g/mol. The highest BCUT2D eigenvalue weighted by Crippen LogP contribution is 2.24. The maximum Gasteiger partial charge on any atom is 0.254 e. The lowest BCUT2D eigenvalue weighted by atomic mass is 10.1. The van der Waals surface area contributed by atoms with Gasteiger partial charge in [-0.2, -0.15) is 0 Å². The number of rotatable bonds is 6. The Morgan fingerprint density at radius 1 is 1.27 bits per heavy atom. The summed E-state index contributed by atoms with van der Waals surface area (Å²) in [4.78, 5) is 14.8. The molecule has 2 heterocycles. The molecule has 26 heavy (non-hydrogen) atoms. The van der Waals surface area contributed by atoms with Crippen molar-refractivity contribution in [3.63, 3.8) is 0 Å². The molecule has 6 nitrogen and oxygen atoms in total. The summed E-state index contributed by atoms with van der Waals surface area (Å²) in [7, 11) is -3.06. The van der Waals surface area contributed by atoms with Crippen molar-refractivity contribution in [2.45, 2.75) is 51.4 Å². The van der Waals surface area contributed by atoms with E-state index in [-0.39, 0.29) is 35.7 Å². The highest BCUT2D eigenvalue weighted by atomic mass is 32.2. The predicted molar refractivity (Wildman–Crippen MR) is 99.3 cm³/mol. The SMILES string of the molecule is CC(C)Oc1ccc(C(=O)N(C[C@H]2CCCO2)[C@H]2CCS(=O)(=O)C2)cc1. The maximum absolute atomic E-state index is 13.1. The van der Waals surface area contributed by atoms with Crippen LogP contribution in [0.2, 0.25) is 0 Å². The molecule has 1 amide bonds. The molecule has 2 fully saturated rings. The van der Waals surface area contributed by atoms with E-state index in [2.05, 4.69) is 0 Å². The van der Waals surface area contributed by atoms with Crippen molar-refractivity contribution in [2.24, 2.45) is 0 Å². The normalized spacial score (nSPS) is 24.7. The van der Waals surface area contributed by atoms with Crippen molar-refractivity contribution in [2.75, 3.05) is 24.7 Å². The third kappa shape index (κ3) is 4.76. The summed E-state index contributed by atoms with van der Waals surface area (Å²) in [5.41, 5.74) is 0.545. The summed E-state index contributed by atoms with van der Waals surface area (Å²) in [6.07, 6.45) is 2.44. The lowest BCUT2D eigenvalue weighted by Crippen LogP contribution is -2.45. The van der Waals surface area contributed by atoms with Crippen LogP contribution in [0.25, 0.3) is 0 Å². The standard InChI is InChI=1S/C19H27NO5S/c1-14(2)25-17-7-5-15(6-8-17)19(21)20(12-18-4-3-10-24-18)16-9-11-26(22,23)13-16/h5-8,14,16,18H,3-4,9-13H2,1-2H3/t16-,18+/m0/s1. The molecular formula is C19H27NO5S. The fourth-order valence-corrected chi connectivity index (χ4v) is 5.27. The minimum Gasteiger partial charge on any atom is -0.491 e. The molecule has 2 aliphatic heterocycles. The minimum atomic E-state index is -3.06. The quantitative estimate of drug-likeness (QED) is 0.756. The number of carbonyl (C=O) groups is 1. The van der Waals surface area contributed by atoms with Gasteiger partial charge in [0.2, 0.25) is 0 Å². The topological polar surface area (TPSA) is 72.9 Å². The molecular weight excluding hydrogens is 354 g/mol. The second-order valence-corrected chi connectivity index (χ2v) is 9.57. The third-order valence-corrected chi connectivity index (χ3v) is 6.56. The average Bonchev–Trinajstić information content (AvgIpc) is 3.21. The van der Waals surface area contributed by atoms with Gasteiger partial charge in [-0.25, -0.2) is 8.42 Å². The van der Waals surface area contributed by atoms with Crippen LogP contribution in [0.1, 0.15) is 43.5 Å². The van der Waals surface area contributed by atoms with E-state index in [1.165, 1.54) is 0 Å². The van der Waals surface area contributed by atoms with E-state index in [0.717, 1.165) is 12.8 Å². The van der Waals surface area contributed by atoms with Crippen molar-refractivity contribution < 1.29 is 22.7 Å². The van der Waals surface area contributed by atoms with Crippen molar-refractivity contribution in [3.8, 4) is 5.75 Å². The highest BCUT2D eigenvalue weighted by Gasteiger charge is 2.36. The van der Waals surface area contributed by atoms with Crippen LogP contribution < -0.4 is 4.74 Å². The number of amides is 1. The fraction of sp³-hybridized carbons (Fsp3) is 0.632. The maximum atomic E-state index is 13.1. The summed E-state index contributed by atoms with van der Waals surface area (Å²) >= 11 is 0. The number of benzene rings is 1. The molecule has 1 aromatic carbocycles. The van der Waals surface area contributed by atoms with E-state index in [9.17, 15) is 13.2 Å². The first-order valence-corrected chi connectivity index (χ1v) is 11.1. The van der Waals surface area contributed by atoms with Crippen molar-refractivity contribution in [1.29, 1.82) is 0 Å². The van der Waals surface area contributed by atoms with E-state index in [4.69, 9.17) is 9.47 Å². The van der Waals surface area contributed by atoms with Crippen LogP contribution in [0.15, 0.2) is 24.3 Å². The van der Waals surface area contributed by atoms with E-state index in [1.807, 2.05) is 13.8 Å². The summed E-state index contributed by atoms with van der Waals surface area (Å²) < 4.78 is 35.1. The van der Waals surface area contributed by atoms with Crippen molar-refractivity contribution >= 4 is 15.7 Å². The average molecular weight is 381 g/mol. The lowest BCUT2D eigenvalue weighted by molar-refractivity contribution is 0.0441. The smallest absolute Gasteiger partial charge is 0.254 e. The molecule has 3 rings (SSSR count). The fourth-order valence-electron chi connectivity index (χ4n) is 3.54. The molecule has 144 valence electrons. The summed E-state index contributed by atoms with van der Waals surface area (Å²) in [5.74, 6) is 0.762. The van der Waals surface area contributed by atoms with E-state index >= 15 is 0 Å². The van der Waals surface area contributed by atoms with Gasteiger partial charge < -0.3 is 14.4 Å². The first-order chi connectivity index (χ1) is 12.3. The number of nitrogens with zero attached hydrogens (tertiary/aromatic N) is 1. The Balaban J connectivity index is 1.77. The second-order valence-electron chi connectivity index (χ2n) is 7.34. The molecule has 0 aliphatic carbocycles. The largest absolute Gasteiger partial charge is 0.491 e. The van der Waals surface area contributed by atoms with Gasteiger partial charge in [0.1, 0.15) is 5.75 Å². The Kier molecular flexibility index (Phi) is 5.87. The molecule has 0 bridgehead atoms. The number of ether oxygens (including phenoxy) is 2. The zero-order valence-electron chi connectivity index (χ0n) is 15.4. The Labute approximate surface area is 155 Å². The molecule has 7 heteroatoms. The number of hydrogen-bond donors (Lipinski definition) is 0. The molecule has 0 spiro atoms. The molecule has 0 unspecified atom stereocenters. The second kappa shape index (κ2) is 7.96. The van der Waals surface area contributed by atoms with Crippen LogP contribution in [0, 0.1) is 0 Å². The Hall–Kier alpha value is -1.60. The van der Waals surface area contributed by atoms with Gasteiger partial charge in [0.05, 0.1) is 23.7 Å². The van der Waals surface area contributed by atoms with Gasteiger partial charge in [-0.05, 0) is 57.4 Å². The van der Waals surface area contributed by atoms with Crippen LogP contribution in [0.4, 0.5) is 0 Å². The molecule has 1 aromatic rings. The first kappa shape index (κ1) is 19.2. The van der Waals surface area contributed by atoms with Gasteiger partial charge in [-0.15, -0.1) is 0 Å². The summed E-state index contributed by atoms with van der Waals surface area (Å²) in [5, 5.41) is 0. The van der Waals surface area contributed by atoms with Crippen LogP contribution in [-0.4, -0.2) is 62.1 Å². The van der Waals surface area contributed by atoms with E-state index in [0.29, 0.717) is 30.9 Å². The van der Waals surface area contributed by atoms with E-state index in [1.54, 1.807) is 29.2 Å². The van der Waals surface area contributed by atoms with Crippen LogP contribution in [0.3, 0.4) is 0 Å². The molecule has 2 aliphatic rings. The number of carbonyl (C=O) groups excluding carboxylic acids is 1. The summed E-state index contributed by atoms with van der Waals surface area (Å²) in [6, 6.07) is 6.77. The molecule has 0 aromatic heterocycles. The molecule has 0 radical (unpaired) electrons. The van der Waals surface area contributed by atoms with Gasteiger partial charge in [-0.3, -0.25) is 4.79 Å². The molecule has 0 N–H and O–H groups in total. The lowest BCUT2D eigenvalue weighted by Gasteiger charge is -2.30. The third-order valence-electron chi connectivity index (χ3n) is 4.81. The van der Waals surface area contributed by atoms with Gasteiger partial charge in [0.25, 0.3) is 5.91 Å². The van der Waals surface area contributed by atoms with E-state index < -0.39 is 9.84 Å². The number of hydrogen-bond acceptors (Lipinski definition) is 5. The Morgan fingerprint density at radius 3 is 2.54 bits per heavy atom. The Morgan fingerprint density at radius 2 is 2.00 bits per heavy atom. The van der Waals surface area contributed by atoms with Crippen LogP contribution in [-0.2, 0) is 14.6 Å². The van der Waals surface area contributed by atoms with Crippen LogP contribution in [0.5, 0.6) is 5.75 Å². The van der Waals surface area contributed by atoms with Gasteiger partial charge in [0.15, 0.2) is 9.84 Å². The highest BCUT2D eigenvalue weighted by molar-refractivity contribution is 7.91. The van der Waals surface area contributed by atoms with Gasteiger partial charge in [0, 0.05) is 24.8 Å². The summed E-state index contributed by atoms with van der Waals surface area (Å²) in [6.45, 7) is 5.05. The van der Waals surface area contributed by atoms with Crippen LogP contribution >= 0.6 is 0 Å². The van der Waals surface area contributed by atoms with Crippen molar-refractivity contribution in [3.05, 3.63) is 29.8 Å². The zero-order chi connectivity index (χ0) is 18.7. The first-order valence-electron chi connectivity index (χ1n) is 9.24.